The molecule has 0 aromatic heterocycles. The van der Waals surface area contributed by atoms with Gasteiger partial charge in [0.15, 0.2) is 0 Å². The average Bonchev–Trinajstić information content (AvgIpc) is 3.19. The van der Waals surface area contributed by atoms with E-state index in [4.69, 9.17) is 4.74 Å². The van der Waals surface area contributed by atoms with Gasteiger partial charge in [-0.15, -0.1) is 0 Å². The lowest BCUT2D eigenvalue weighted by molar-refractivity contribution is -0.151. The van der Waals surface area contributed by atoms with Crippen LogP contribution in [-0.4, -0.2) is 46.9 Å². The topological polar surface area (TPSA) is 95.9 Å². The van der Waals surface area contributed by atoms with Crippen molar-refractivity contribution >= 4 is 11.9 Å². The van der Waals surface area contributed by atoms with Crippen LogP contribution in [-0.2, 0) is 14.3 Å². The number of esters is 1. The molecule has 3 N–H and O–H groups in total. The fourth-order valence-corrected chi connectivity index (χ4v) is 7.37. The van der Waals surface area contributed by atoms with Gasteiger partial charge in [0.2, 0.25) is 5.91 Å². The number of carbonyl (C=O) groups excluding carboxylic acids is 2. The van der Waals surface area contributed by atoms with Crippen LogP contribution in [0.3, 0.4) is 0 Å². The van der Waals surface area contributed by atoms with Crippen molar-refractivity contribution in [1.82, 2.24) is 5.32 Å². The Morgan fingerprint density at radius 2 is 0.964 bits per heavy atom. The van der Waals surface area contributed by atoms with Gasteiger partial charge in [-0.1, -0.05) is 224 Å². The van der Waals surface area contributed by atoms with E-state index in [1.54, 1.807) is 0 Å². The molecule has 6 heteroatoms. The summed E-state index contributed by atoms with van der Waals surface area (Å²) in [5.41, 5.74) is 0. The van der Waals surface area contributed by atoms with Gasteiger partial charge in [0.05, 0.1) is 25.2 Å². The first-order chi connectivity index (χ1) is 27.5. The number of carbonyl (C=O) groups is 2. The number of aliphatic hydroxyl groups is 2. The Hall–Kier alpha value is -1.92. The van der Waals surface area contributed by atoms with Gasteiger partial charge in [-0.25, -0.2) is 0 Å². The van der Waals surface area contributed by atoms with Crippen molar-refractivity contribution < 1.29 is 24.5 Å². The number of allylic oxidation sites excluding steroid dienone is 6. The average molecular weight is 788 g/mol. The number of rotatable bonds is 43. The molecule has 328 valence electrons. The van der Waals surface area contributed by atoms with E-state index in [0.29, 0.717) is 19.3 Å². The van der Waals surface area contributed by atoms with E-state index in [2.05, 4.69) is 62.5 Å². The maximum atomic E-state index is 13.1. The van der Waals surface area contributed by atoms with Crippen molar-refractivity contribution in [2.75, 3.05) is 6.61 Å². The van der Waals surface area contributed by atoms with Crippen LogP contribution in [0.15, 0.2) is 36.5 Å². The number of ether oxygens (including phenoxy) is 1. The molecule has 0 bridgehead atoms. The van der Waals surface area contributed by atoms with E-state index in [1.165, 1.54) is 116 Å². The lowest BCUT2D eigenvalue weighted by Crippen LogP contribution is -2.46. The van der Waals surface area contributed by atoms with Crippen molar-refractivity contribution in [3.05, 3.63) is 36.5 Å². The highest BCUT2D eigenvalue weighted by Crippen LogP contribution is 2.18. The molecular weight excluding hydrogens is 695 g/mol. The van der Waals surface area contributed by atoms with Crippen LogP contribution in [0, 0.1) is 0 Å². The summed E-state index contributed by atoms with van der Waals surface area (Å²) in [7, 11) is 0. The third-order valence-corrected chi connectivity index (χ3v) is 11.0. The molecule has 0 aliphatic carbocycles. The number of hydrogen-bond acceptors (Lipinski definition) is 5. The van der Waals surface area contributed by atoms with Crippen LogP contribution in [0.2, 0.25) is 0 Å². The van der Waals surface area contributed by atoms with Crippen molar-refractivity contribution in [1.29, 1.82) is 0 Å². The number of hydrogen-bond donors (Lipinski definition) is 3. The summed E-state index contributed by atoms with van der Waals surface area (Å²) in [5.74, 6) is -0.487. The summed E-state index contributed by atoms with van der Waals surface area (Å²) in [6.45, 7) is 6.34. The molecule has 3 atom stereocenters. The van der Waals surface area contributed by atoms with Gasteiger partial charge < -0.3 is 20.3 Å². The van der Waals surface area contributed by atoms with Gasteiger partial charge >= 0.3 is 5.97 Å². The molecule has 0 heterocycles. The SMILES string of the molecule is CC/C=C/C=C/C=C/CCCCCCCC(CC(=O)NC(CO)C(O)CCCCCCCCCCCC)OC(=O)CCCCCCCCCCCCCCCC. The molecule has 0 aromatic rings. The molecule has 56 heavy (non-hydrogen) atoms. The number of aliphatic hydroxyl groups excluding tert-OH is 2. The highest BCUT2D eigenvalue weighted by Gasteiger charge is 2.24. The zero-order valence-corrected chi connectivity index (χ0v) is 37.3. The summed E-state index contributed by atoms with van der Waals surface area (Å²) < 4.78 is 5.91. The van der Waals surface area contributed by atoms with Crippen LogP contribution in [0.1, 0.15) is 245 Å². The van der Waals surface area contributed by atoms with E-state index in [1.807, 2.05) is 0 Å². The molecule has 0 fully saturated rings. The fraction of sp³-hybridized carbons (Fsp3) is 0.840. The molecular formula is C50H93NO5. The first-order valence-corrected chi connectivity index (χ1v) is 24.2. The van der Waals surface area contributed by atoms with Crippen LogP contribution in [0.25, 0.3) is 0 Å². The zero-order valence-electron chi connectivity index (χ0n) is 37.3. The molecule has 3 unspecified atom stereocenters. The molecule has 0 aliphatic rings. The van der Waals surface area contributed by atoms with Crippen LogP contribution < -0.4 is 5.32 Å². The van der Waals surface area contributed by atoms with E-state index in [0.717, 1.165) is 83.5 Å². The van der Waals surface area contributed by atoms with Crippen molar-refractivity contribution in [3.8, 4) is 0 Å². The maximum absolute atomic E-state index is 13.1. The predicted octanol–water partition coefficient (Wildman–Crippen LogP) is 14.1. The normalized spacial score (nSPS) is 13.6. The summed E-state index contributed by atoms with van der Waals surface area (Å²) in [5, 5.41) is 23.6. The zero-order chi connectivity index (χ0) is 41.0. The van der Waals surface area contributed by atoms with E-state index >= 15 is 0 Å². The second-order valence-electron chi connectivity index (χ2n) is 16.6. The van der Waals surface area contributed by atoms with E-state index < -0.39 is 18.2 Å². The second kappa shape index (κ2) is 44.2. The van der Waals surface area contributed by atoms with Crippen molar-refractivity contribution in [2.24, 2.45) is 0 Å². The highest BCUT2D eigenvalue weighted by molar-refractivity contribution is 5.77. The van der Waals surface area contributed by atoms with Gasteiger partial charge in [0.25, 0.3) is 0 Å². The fourth-order valence-electron chi connectivity index (χ4n) is 7.37. The summed E-state index contributed by atoms with van der Waals surface area (Å²) >= 11 is 0. The third kappa shape index (κ3) is 38.9. The Labute approximate surface area is 347 Å². The van der Waals surface area contributed by atoms with E-state index in [-0.39, 0.29) is 24.9 Å². The first-order valence-electron chi connectivity index (χ1n) is 24.2. The summed E-state index contributed by atoms with van der Waals surface area (Å²) in [6.07, 6.45) is 50.6. The van der Waals surface area contributed by atoms with Gasteiger partial charge in [-0.2, -0.15) is 0 Å². The summed E-state index contributed by atoms with van der Waals surface area (Å²) in [6, 6.07) is -0.703. The molecule has 1 amide bonds. The quantitative estimate of drug-likeness (QED) is 0.0325. The number of amides is 1. The third-order valence-electron chi connectivity index (χ3n) is 11.0. The number of unbranched alkanes of at least 4 members (excludes halogenated alkanes) is 27. The molecule has 0 rings (SSSR count). The molecule has 0 aliphatic heterocycles. The Bertz CT molecular complexity index is 930. The lowest BCUT2D eigenvalue weighted by Gasteiger charge is -2.24. The van der Waals surface area contributed by atoms with Gasteiger partial charge in [-0.3, -0.25) is 9.59 Å². The van der Waals surface area contributed by atoms with Crippen LogP contribution in [0.4, 0.5) is 0 Å². The Morgan fingerprint density at radius 1 is 0.536 bits per heavy atom. The predicted molar refractivity (Wildman–Crippen MR) is 241 cm³/mol. The smallest absolute Gasteiger partial charge is 0.306 e. The largest absolute Gasteiger partial charge is 0.462 e. The van der Waals surface area contributed by atoms with Gasteiger partial charge in [-0.05, 0) is 44.9 Å². The van der Waals surface area contributed by atoms with Crippen LogP contribution in [0.5, 0.6) is 0 Å². The Balaban J connectivity index is 4.59. The standard InChI is InChI=1S/C50H93NO5/c1-4-7-10-13-16-19-22-24-26-28-31-34-37-40-43-50(55)56-46(41-38-35-32-29-27-25-23-20-17-14-11-8-5-2)44-49(54)51-47(45-52)48(53)42-39-36-33-30-21-18-15-12-9-6-3/h8,11,14,17,20,23,46-48,52-53H,4-7,9-10,12-13,15-16,18-19,21-22,24-45H2,1-3H3,(H,51,54)/b11-8+,17-14+,23-20+. The lowest BCUT2D eigenvalue weighted by atomic mass is 10.0. The minimum atomic E-state index is -0.789. The summed E-state index contributed by atoms with van der Waals surface area (Å²) in [4.78, 5) is 26.0. The minimum absolute atomic E-state index is 0.0672. The molecule has 0 aromatic carbocycles. The Morgan fingerprint density at radius 3 is 1.45 bits per heavy atom. The van der Waals surface area contributed by atoms with Gasteiger partial charge in [0, 0.05) is 6.42 Å². The molecule has 6 nitrogen and oxygen atoms in total. The molecule has 0 saturated heterocycles. The van der Waals surface area contributed by atoms with Crippen molar-refractivity contribution in [3.63, 3.8) is 0 Å². The van der Waals surface area contributed by atoms with Crippen LogP contribution >= 0.6 is 0 Å². The molecule has 0 spiro atoms. The second-order valence-corrected chi connectivity index (χ2v) is 16.6. The van der Waals surface area contributed by atoms with Crippen molar-refractivity contribution in [2.45, 2.75) is 264 Å². The molecule has 0 saturated carbocycles. The first kappa shape index (κ1) is 54.1. The molecule has 0 radical (unpaired) electrons. The maximum Gasteiger partial charge on any atom is 0.306 e. The highest BCUT2D eigenvalue weighted by atomic mass is 16.5. The van der Waals surface area contributed by atoms with E-state index in [9.17, 15) is 19.8 Å². The Kier molecular flexibility index (Phi) is 42.7. The minimum Gasteiger partial charge on any atom is -0.462 e. The number of nitrogens with one attached hydrogen (secondary N) is 1. The van der Waals surface area contributed by atoms with Gasteiger partial charge in [0.1, 0.15) is 6.10 Å². The monoisotopic (exact) mass is 788 g/mol.